The number of hydrogen-bond acceptors (Lipinski definition) is 13. The molecule has 1 amide bonds. The molecule has 14 heteroatoms. The summed E-state index contributed by atoms with van der Waals surface area (Å²) >= 11 is 0. The van der Waals surface area contributed by atoms with E-state index in [0.29, 0.717) is 12.8 Å². The van der Waals surface area contributed by atoms with Crippen LogP contribution in [0.25, 0.3) is 0 Å². The minimum atomic E-state index is -1.78. The third-order valence-corrected chi connectivity index (χ3v) is 12.4. The lowest BCUT2D eigenvalue weighted by atomic mass is 9.97. The van der Waals surface area contributed by atoms with Gasteiger partial charge in [-0.1, -0.05) is 160 Å². The Kier molecular flexibility index (Phi) is 33.4. The maximum absolute atomic E-state index is 13.1. The predicted octanol–water partition coefficient (Wildman–Crippen LogP) is 6.16. The van der Waals surface area contributed by atoms with Crippen LogP contribution in [0.4, 0.5) is 0 Å². The van der Waals surface area contributed by atoms with Gasteiger partial charge in [-0.05, 0) is 44.9 Å². The summed E-state index contributed by atoms with van der Waals surface area (Å²) in [6, 6.07) is -0.826. The minimum Gasteiger partial charge on any atom is -0.394 e. The molecule has 0 aromatic rings. The van der Waals surface area contributed by atoms with Crippen molar-refractivity contribution in [2.45, 2.75) is 261 Å². The zero-order valence-corrected chi connectivity index (χ0v) is 39.1. The predicted molar refractivity (Wildman–Crippen MR) is 245 cm³/mol. The average Bonchev–Trinajstić information content (AvgIpc) is 3.28. The van der Waals surface area contributed by atoms with Crippen molar-refractivity contribution in [3.63, 3.8) is 0 Å². The van der Waals surface area contributed by atoms with E-state index < -0.39 is 86.8 Å². The van der Waals surface area contributed by atoms with Crippen LogP contribution in [0.2, 0.25) is 0 Å². The third kappa shape index (κ3) is 24.2. The van der Waals surface area contributed by atoms with E-state index in [1.807, 2.05) is 0 Å². The van der Waals surface area contributed by atoms with Crippen LogP contribution in [-0.2, 0) is 23.7 Å². The van der Waals surface area contributed by atoms with E-state index in [9.17, 15) is 45.6 Å². The molecule has 0 aromatic carbocycles. The Morgan fingerprint density at radius 3 is 1.59 bits per heavy atom. The highest BCUT2D eigenvalue weighted by Crippen LogP contribution is 2.30. The van der Waals surface area contributed by atoms with E-state index in [0.717, 1.165) is 64.2 Å². The van der Waals surface area contributed by atoms with Gasteiger partial charge in [0.2, 0.25) is 5.91 Å². The molecule has 2 aliphatic heterocycles. The molecule has 2 aliphatic rings. The number of aliphatic hydroxyl groups is 8. The van der Waals surface area contributed by atoms with Gasteiger partial charge in [-0.2, -0.15) is 0 Å². The Hall–Kier alpha value is -1.53. The molecular formula is C49H91NO13. The van der Waals surface area contributed by atoms with Gasteiger partial charge in [0.25, 0.3) is 0 Å². The summed E-state index contributed by atoms with van der Waals surface area (Å²) in [6.07, 6.45) is 22.0. The Labute approximate surface area is 379 Å². The number of nitrogens with one attached hydrogen (secondary N) is 1. The maximum Gasteiger partial charge on any atom is 0.220 e. The quantitative estimate of drug-likeness (QED) is 0.0250. The molecule has 0 aliphatic carbocycles. The normalized spacial score (nSPS) is 27.7. The zero-order valence-electron chi connectivity index (χ0n) is 39.1. The Bertz CT molecular complexity index is 1160. The summed E-state index contributed by atoms with van der Waals surface area (Å²) in [4.78, 5) is 13.1. The number of amides is 1. The molecule has 9 N–H and O–H groups in total. The van der Waals surface area contributed by atoms with Crippen LogP contribution in [0.15, 0.2) is 24.3 Å². The van der Waals surface area contributed by atoms with Crippen LogP contribution in [0, 0.1) is 0 Å². The van der Waals surface area contributed by atoms with Crippen molar-refractivity contribution >= 4 is 5.91 Å². The van der Waals surface area contributed by atoms with Crippen molar-refractivity contribution in [3.05, 3.63) is 24.3 Å². The molecule has 370 valence electrons. The molecule has 0 aromatic heterocycles. The highest BCUT2D eigenvalue weighted by Gasteiger charge is 2.51. The summed E-state index contributed by atoms with van der Waals surface area (Å²) < 4.78 is 22.7. The molecule has 0 saturated carbocycles. The zero-order chi connectivity index (χ0) is 46.1. The van der Waals surface area contributed by atoms with E-state index in [-0.39, 0.29) is 12.5 Å². The largest absolute Gasteiger partial charge is 0.394 e. The van der Waals surface area contributed by atoms with E-state index in [1.54, 1.807) is 0 Å². The van der Waals surface area contributed by atoms with Gasteiger partial charge in [0, 0.05) is 6.42 Å². The SMILES string of the molecule is CCCCCCC/C=C\C/C=C\CCCCCCCCCCCC(=O)NC(COC1OC(CO)C(OC2OC(CO)C(O)C(O)C2O)C(O)C1O)C(O)CCCCCCCCCC. The van der Waals surface area contributed by atoms with Crippen molar-refractivity contribution in [2.24, 2.45) is 0 Å². The van der Waals surface area contributed by atoms with Gasteiger partial charge in [0.15, 0.2) is 12.6 Å². The number of rotatable bonds is 38. The first-order valence-corrected chi connectivity index (χ1v) is 25.1. The number of carbonyl (C=O) groups is 1. The molecule has 2 fully saturated rings. The average molecular weight is 902 g/mol. The standard InChI is InChI=1S/C49H91NO13/c1-3-5-7-9-11-13-14-15-16-17-18-19-20-21-22-23-24-25-27-29-31-33-41(54)50-37(38(53)32-30-28-26-12-10-8-6-4-2)36-60-48-46(59)44(57)47(40(35-52)62-48)63-49-45(58)43(56)42(55)39(34-51)61-49/h14-15,17-18,37-40,42-49,51-53,55-59H,3-13,16,19-36H2,1-2H3,(H,50,54)/b15-14-,18-17-. The maximum atomic E-state index is 13.1. The second-order valence-corrected chi connectivity index (χ2v) is 17.9. The fourth-order valence-electron chi connectivity index (χ4n) is 8.27. The second-order valence-electron chi connectivity index (χ2n) is 17.9. The first kappa shape index (κ1) is 57.6. The molecule has 12 unspecified atom stereocenters. The van der Waals surface area contributed by atoms with Gasteiger partial charge in [-0.3, -0.25) is 4.79 Å². The number of unbranched alkanes of at least 4 members (excludes halogenated alkanes) is 21. The topological polar surface area (TPSA) is 228 Å². The Morgan fingerprint density at radius 1 is 0.571 bits per heavy atom. The summed E-state index contributed by atoms with van der Waals surface area (Å²) in [5.41, 5.74) is 0. The van der Waals surface area contributed by atoms with E-state index in [4.69, 9.17) is 18.9 Å². The highest BCUT2D eigenvalue weighted by molar-refractivity contribution is 5.76. The molecular weight excluding hydrogens is 811 g/mol. The van der Waals surface area contributed by atoms with Crippen LogP contribution in [-0.4, -0.2) is 140 Å². The lowest BCUT2D eigenvalue weighted by molar-refractivity contribution is -0.359. The summed E-state index contributed by atoms with van der Waals surface area (Å²) in [5.74, 6) is -0.215. The molecule has 2 saturated heterocycles. The lowest BCUT2D eigenvalue weighted by Crippen LogP contribution is -2.65. The van der Waals surface area contributed by atoms with Crippen LogP contribution >= 0.6 is 0 Å². The molecule has 12 atom stereocenters. The van der Waals surface area contributed by atoms with Gasteiger partial charge in [-0.25, -0.2) is 0 Å². The monoisotopic (exact) mass is 902 g/mol. The van der Waals surface area contributed by atoms with Crippen molar-refractivity contribution in [1.29, 1.82) is 0 Å². The van der Waals surface area contributed by atoms with E-state index in [2.05, 4.69) is 43.5 Å². The minimum absolute atomic E-state index is 0.215. The van der Waals surface area contributed by atoms with E-state index in [1.165, 1.54) is 96.3 Å². The molecule has 2 heterocycles. The van der Waals surface area contributed by atoms with E-state index >= 15 is 0 Å². The Balaban J connectivity index is 1.76. The fraction of sp³-hybridized carbons (Fsp3) is 0.898. The van der Waals surface area contributed by atoms with Gasteiger partial charge in [-0.15, -0.1) is 0 Å². The van der Waals surface area contributed by atoms with Gasteiger partial charge >= 0.3 is 0 Å². The second kappa shape index (κ2) is 36.6. The van der Waals surface area contributed by atoms with Crippen molar-refractivity contribution in [3.8, 4) is 0 Å². The molecule has 0 spiro atoms. The number of aliphatic hydroxyl groups excluding tert-OH is 8. The summed E-state index contributed by atoms with van der Waals surface area (Å²) in [5, 5.41) is 86.6. The molecule has 0 radical (unpaired) electrons. The van der Waals surface area contributed by atoms with Gasteiger partial charge in [0.05, 0.1) is 32.0 Å². The summed E-state index contributed by atoms with van der Waals surface area (Å²) in [7, 11) is 0. The third-order valence-electron chi connectivity index (χ3n) is 12.4. The van der Waals surface area contributed by atoms with Crippen molar-refractivity contribution < 1.29 is 64.6 Å². The molecule has 2 rings (SSSR count). The molecule has 63 heavy (non-hydrogen) atoms. The van der Waals surface area contributed by atoms with Crippen molar-refractivity contribution in [2.75, 3.05) is 19.8 Å². The first-order chi connectivity index (χ1) is 30.6. The smallest absolute Gasteiger partial charge is 0.220 e. The molecule has 0 bridgehead atoms. The highest BCUT2D eigenvalue weighted by atomic mass is 16.7. The number of allylic oxidation sites excluding steroid dienone is 4. The lowest BCUT2D eigenvalue weighted by Gasteiger charge is -2.46. The van der Waals surface area contributed by atoms with Crippen molar-refractivity contribution in [1.82, 2.24) is 5.32 Å². The summed E-state index contributed by atoms with van der Waals surface area (Å²) in [6.45, 7) is 2.79. The number of ether oxygens (including phenoxy) is 4. The number of hydrogen-bond donors (Lipinski definition) is 9. The first-order valence-electron chi connectivity index (χ1n) is 25.1. The fourth-order valence-corrected chi connectivity index (χ4v) is 8.27. The Morgan fingerprint density at radius 2 is 1.05 bits per heavy atom. The van der Waals surface area contributed by atoms with Crippen LogP contribution in [0.1, 0.15) is 187 Å². The van der Waals surface area contributed by atoms with Crippen LogP contribution in [0.3, 0.4) is 0 Å². The van der Waals surface area contributed by atoms with Gasteiger partial charge < -0.3 is 65.1 Å². The van der Waals surface area contributed by atoms with Gasteiger partial charge in [0.1, 0.15) is 48.8 Å². The molecule has 14 nitrogen and oxygen atoms in total. The number of carbonyl (C=O) groups excluding carboxylic acids is 1. The van der Waals surface area contributed by atoms with Crippen LogP contribution < -0.4 is 5.32 Å². The van der Waals surface area contributed by atoms with Crippen LogP contribution in [0.5, 0.6) is 0 Å².